The molecule has 0 spiro atoms. The Morgan fingerprint density at radius 2 is 2.24 bits per heavy atom. The fourth-order valence-corrected chi connectivity index (χ4v) is 3.15. The number of nitrogens with one attached hydrogen (secondary N) is 1. The molecule has 2 rings (SSSR count). The van der Waals surface area contributed by atoms with Gasteiger partial charge in [0, 0.05) is 15.5 Å². The molecule has 0 saturated heterocycles. The molecule has 17 heavy (non-hydrogen) atoms. The van der Waals surface area contributed by atoms with Gasteiger partial charge < -0.3 is 5.32 Å². The number of hydrogen-bond acceptors (Lipinski definition) is 1. The maximum absolute atomic E-state index is 6.03. The van der Waals surface area contributed by atoms with Crippen molar-refractivity contribution in [3.05, 3.63) is 27.7 Å². The van der Waals surface area contributed by atoms with E-state index in [1.165, 1.54) is 32.1 Å². The molecule has 0 radical (unpaired) electrons. The lowest BCUT2D eigenvalue weighted by Crippen LogP contribution is -2.27. The van der Waals surface area contributed by atoms with E-state index in [1.54, 1.807) is 0 Å². The average molecular weight is 317 g/mol. The van der Waals surface area contributed by atoms with Gasteiger partial charge in [0.15, 0.2) is 0 Å². The number of anilines is 1. The molecule has 0 aliphatic heterocycles. The van der Waals surface area contributed by atoms with E-state index in [4.69, 9.17) is 11.6 Å². The van der Waals surface area contributed by atoms with E-state index in [0.717, 1.165) is 21.1 Å². The molecule has 1 N–H and O–H groups in total. The van der Waals surface area contributed by atoms with Gasteiger partial charge in [0.05, 0.1) is 5.69 Å². The minimum absolute atomic E-state index is 0.600. The van der Waals surface area contributed by atoms with Crippen LogP contribution in [-0.4, -0.2) is 6.04 Å². The van der Waals surface area contributed by atoms with Crippen LogP contribution in [0.1, 0.15) is 39.0 Å². The molecule has 0 heterocycles. The van der Waals surface area contributed by atoms with Gasteiger partial charge in [-0.05, 0) is 52.9 Å². The highest BCUT2D eigenvalue weighted by Gasteiger charge is 2.20. The standard InChI is InChI=1S/C14H19BrClN/c1-2-10-4-3-5-12(8-10)17-14-9-11(16)6-7-13(14)15/h6-7,9-10,12,17H,2-5,8H2,1H3. The second-order valence-electron chi connectivity index (χ2n) is 4.91. The van der Waals surface area contributed by atoms with Crippen LogP contribution in [-0.2, 0) is 0 Å². The molecule has 1 nitrogen and oxygen atoms in total. The molecular weight excluding hydrogens is 298 g/mol. The number of benzene rings is 1. The summed E-state index contributed by atoms with van der Waals surface area (Å²) in [5.74, 6) is 0.888. The summed E-state index contributed by atoms with van der Waals surface area (Å²) in [6.07, 6.45) is 6.60. The fourth-order valence-electron chi connectivity index (χ4n) is 2.62. The molecule has 2 unspecified atom stereocenters. The van der Waals surface area contributed by atoms with Crippen molar-refractivity contribution in [2.24, 2.45) is 5.92 Å². The fraction of sp³-hybridized carbons (Fsp3) is 0.571. The van der Waals surface area contributed by atoms with Crippen LogP contribution in [0, 0.1) is 5.92 Å². The van der Waals surface area contributed by atoms with Crippen LogP contribution in [0.5, 0.6) is 0 Å². The van der Waals surface area contributed by atoms with Crippen LogP contribution in [0.3, 0.4) is 0 Å². The van der Waals surface area contributed by atoms with Crippen LogP contribution in [0.4, 0.5) is 5.69 Å². The van der Waals surface area contributed by atoms with Crippen LogP contribution in [0.15, 0.2) is 22.7 Å². The predicted molar refractivity (Wildman–Crippen MR) is 78.8 cm³/mol. The predicted octanol–water partition coefficient (Wildman–Crippen LogP) is 5.48. The van der Waals surface area contributed by atoms with Gasteiger partial charge in [-0.25, -0.2) is 0 Å². The monoisotopic (exact) mass is 315 g/mol. The van der Waals surface area contributed by atoms with Gasteiger partial charge in [-0.1, -0.05) is 37.8 Å². The van der Waals surface area contributed by atoms with Gasteiger partial charge in [-0.3, -0.25) is 0 Å². The molecule has 0 bridgehead atoms. The van der Waals surface area contributed by atoms with Crippen LogP contribution in [0.2, 0.25) is 5.02 Å². The molecule has 1 aromatic carbocycles. The molecule has 0 amide bonds. The first-order valence-corrected chi connectivity index (χ1v) is 7.57. The summed E-state index contributed by atoms with van der Waals surface area (Å²) in [4.78, 5) is 0. The lowest BCUT2D eigenvalue weighted by molar-refractivity contribution is 0.327. The van der Waals surface area contributed by atoms with Crippen LogP contribution in [0.25, 0.3) is 0 Å². The summed E-state index contributed by atoms with van der Waals surface area (Å²) < 4.78 is 1.10. The van der Waals surface area contributed by atoms with Crippen molar-refractivity contribution in [3.8, 4) is 0 Å². The summed E-state index contributed by atoms with van der Waals surface area (Å²) >= 11 is 9.60. The maximum atomic E-state index is 6.03. The minimum Gasteiger partial charge on any atom is -0.381 e. The Balaban J connectivity index is 2.02. The van der Waals surface area contributed by atoms with Crippen molar-refractivity contribution in [2.45, 2.75) is 45.1 Å². The van der Waals surface area contributed by atoms with Gasteiger partial charge in [0.2, 0.25) is 0 Å². The smallest absolute Gasteiger partial charge is 0.0501 e. The second kappa shape index (κ2) is 6.10. The van der Waals surface area contributed by atoms with E-state index in [0.29, 0.717) is 6.04 Å². The Bertz CT molecular complexity index is 380. The van der Waals surface area contributed by atoms with Crippen molar-refractivity contribution in [1.82, 2.24) is 0 Å². The van der Waals surface area contributed by atoms with Gasteiger partial charge in [0.25, 0.3) is 0 Å². The average Bonchev–Trinajstić information content (AvgIpc) is 2.34. The summed E-state index contributed by atoms with van der Waals surface area (Å²) in [5, 5.41) is 4.41. The molecule has 0 aromatic heterocycles. The minimum atomic E-state index is 0.600. The highest BCUT2D eigenvalue weighted by molar-refractivity contribution is 9.10. The van der Waals surface area contributed by atoms with E-state index < -0.39 is 0 Å². The van der Waals surface area contributed by atoms with E-state index in [-0.39, 0.29) is 0 Å². The summed E-state index contributed by atoms with van der Waals surface area (Å²) in [7, 11) is 0. The van der Waals surface area contributed by atoms with Crippen molar-refractivity contribution in [3.63, 3.8) is 0 Å². The molecule has 1 aliphatic rings. The summed E-state index contributed by atoms with van der Waals surface area (Å²) in [6.45, 7) is 2.29. The first-order chi connectivity index (χ1) is 8.19. The van der Waals surface area contributed by atoms with Gasteiger partial charge in [-0.2, -0.15) is 0 Å². The van der Waals surface area contributed by atoms with Gasteiger partial charge in [-0.15, -0.1) is 0 Å². The number of halogens is 2. The van der Waals surface area contributed by atoms with E-state index >= 15 is 0 Å². The maximum Gasteiger partial charge on any atom is 0.0501 e. The Morgan fingerprint density at radius 3 is 3.00 bits per heavy atom. The molecule has 3 heteroatoms. The SMILES string of the molecule is CCC1CCCC(Nc2cc(Cl)ccc2Br)C1. The molecule has 2 atom stereocenters. The first-order valence-electron chi connectivity index (χ1n) is 6.40. The third-order valence-electron chi connectivity index (χ3n) is 3.65. The zero-order valence-corrected chi connectivity index (χ0v) is 12.5. The Kier molecular flexibility index (Phi) is 4.75. The van der Waals surface area contributed by atoms with Gasteiger partial charge in [0.1, 0.15) is 0 Å². The molecule has 1 saturated carbocycles. The zero-order valence-electron chi connectivity index (χ0n) is 10.2. The molecule has 1 fully saturated rings. The van der Waals surface area contributed by atoms with Crippen LogP contribution < -0.4 is 5.32 Å². The molecule has 1 aliphatic carbocycles. The zero-order chi connectivity index (χ0) is 12.3. The molecular formula is C14H19BrClN. The van der Waals surface area contributed by atoms with E-state index in [2.05, 4.69) is 28.2 Å². The highest BCUT2D eigenvalue weighted by Crippen LogP contribution is 2.32. The Hall–Kier alpha value is -0.210. The van der Waals surface area contributed by atoms with Crippen molar-refractivity contribution >= 4 is 33.2 Å². The third kappa shape index (κ3) is 3.62. The lowest BCUT2D eigenvalue weighted by atomic mass is 9.84. The largest absolute Gasteiger partial charge is 0.381 e. The third-order valence-corrected chi connectivity index (χ3v) is 4.57. The first kappa shape index (κ1) is 13.2. The van der Waals surface area contributed by atoms with Crippen molar-refractivity contribution < 1.29 is 0 Å². The second-order valence-corrected chi connectivity index (χ2v) is 6.20. The van der Waals surface area contributed by atoms with Crippen molar-refractivity contribution in [1.29, 1.82) is 0 Å². The Morgan fingerprint density at radius 1 is 1.41 bits per heavy atom. The van der Waals surface area contributed by atoms with E-state index in [1.807, 2.05) is 18.2 Å². The summed E-state index contributed by atoms with van der Waals surface area (Å²) in [5.41, 5.74) is 1.12. The number of rotatable bonds is 3. The number of hydrogen-bond donors (Lipinski definition) is 1. The molecule has 94 valence electrons. The van der Waals surface area contributed by atoms with E-state index in [9.17, 15) is 0 Å². The molecule has 1 aromatic rings. The van der Waals surface area contributed by atoms with Crippen molar-refractivity contribution in [2.75, 3.05) is 5.32 Å². The quantitative estimate of drug-likeness (QED) is 0.778. The van der Waals surface area contributed by atoms with Gasteiger partial charge >= 0.3 is 0 Å². The topological polar surface area (TPSA) is 12.0 Å². The highest BCUT2D eigenvalue weighted by atomic mass is 79.9. The lowest BCUT2D eigenvalue weighted by Gasteiger charge is -2.30. The normalized spacial score (nSPS) is 24.6. The Labute approximate surface area is 117 Å². The summed E-state index contributed by atoms with van der Waals surface area (Å²) in [6, 6.07) is 6.52. The van der Waals surface area contributed by atoms with Crippen LogP contribution >= 0.6 is 27.5 Å².